The lowest BCUT2D eigenvalue weighted by Crippen LogP contribution is -2.10. The van der Waals surface area contributed by atoms with Gasteiger partial charge in [-0.25, -0.2) is 4.79 Å². The zero-order valence-electron chi connectivity index (χ0n) is 14.1. The fourth-order valence-electron chi connectivity index (χ4n) is 2.10. The van der Waals surface area contributed by atoms with Crippen molar-refractivity contribution in [2.75, 3.05) is 19.0 Å². The standard InChI is InChI=1S/C18H18ClNO5/c1-4-24-17-15(19)9-12(10-16(17)23-3)18(22)25-14-7-5-13(6-8-14)20-11(2)21/h5-10H,4H2,1-3H3,(H,20,21). The van der Waals surface area contributed by atoms with E-state index < -0.39 is 5.97 Å². The van der Waals surface area contributed by atoms with E-state index in [0.29, 0.717) is 29.5 Å². The van der Waals surface area contributed by atoms with Gasteiger partial charge in [-0.15, -0.1) is 0 Å². The molecule has 0 fully saturated rings. The van der Waals surface area contributed by atoms with Crippen LogP contribution in [0.15, 0.2) is 36.4 Å². The summed E-state index contributed by atoms with van der Waals surface area (Å²) in [5, 5.41) is 2.89. The zero-order chi connectivity index (χ0) is 18.4. The number of nitrogens with one attached hydrogen (secondary N) is 1. The molecule has 2 aromatic carbocycles. The number of benzene rings is 2. The minimum atomic E-state index is -0.587. The molecule has 0 radical (unpaired) electrons. The second-order valence-corrected chi connectivity index (χ2v) is 5.42. The highest BCUT2D eigenvalue weighted by Gasteiger charge is 2.17. The van der Waals surface area contributed by atoms with Crippen LogP contribution in [0.3, 0.4) is 0 Å². The monoisotopic (exact) mass is 363 g/mol. The Hall–Kier alpha value is -2.73. The summed E-state index contributed by atoms with van der Waals surface area (Å²) in [6.45, 7) is 3.65. The van der Waals surface area contributed by atoms with Crippen LogP contribution in [0.2, 0.25) is 5.02 Å². The quantitative estimate of drug-likeness (QED) is 0.622. The fraction of sp³-hybridized carbons (Fsp3) is 0.222. The van der Waals surface area contributed by atoms with E-state index in [9.17, 15) is 9.59 Å². The molecule has 1 N–H and O–H groups in total. The lowest BCUT2D eigenvalue weighted by atomic mass is 10.2. The minimum absolute atomic E-state index is 0.180. The van der Waals surface area contributed by atoms with Gasteiger partial charge in [-0.05, 0) is 43.3 Å². The first-order valence-corrected chi connectivity index (χ1v) is 7.92. The number of ether oxygens (including phenoxy) is 3. The number of hydrogen-bond acceptors (Lipinski definition) is 5. The van der Waals surface area contributed by atoms with Gasteiger partial charge in [0.15, 0.2) is 11.5 Å². The molecule has 2 aromatic rings. The van der Waals surface area contributed by atoms with Crippen molar-refractivity contribution in [3.63, 3.8) is 0 Å². The van der Waals surface area contributed by atoms with Crippen LogP contribution in [-0.4, -0.2) is 25.6 Å². The molecule has 0 heterocycles. The number of carbonyl (C=O) groups excluding carboxylic acids is 2. The van der Waals surface area contributed by atoms with Gasteiger partial charge in [-0.2, -0.15) is 0 Å². The Morgan fingerprint density at radius 3 is 2.40 bits per heavy atom. The second kappa shape index (κ2) is 8.39. The third kappa shape index (κ3) is 4.87. The Balaban J connectivity index is 2.17. The number of halogens is 1. The molecule has 0 aromatic heterocycles. The largest absolute Gasteiger partial charge is 0.493 e. The van der Waals surface area contributed by atoms with Crippen LogP contribution in [0, 0.1) is 0 Å². The molecule has 25 heavy (non-hydrogen) atoms. The molecule has 132 valence electrons. The zero-order valence-corrected chi connectivity index (χ0v) is 14.8. The van der Waals surface area contributed by atoms with E-state index in [0.717, 1.165) is 0 Å². The Morgan fingerprint density at radius 1 is 1.16 bits per heavy atom. The number of methoxy groups -OCH3 is 1. The lowest BCUT2D eigenvalue weighted by Gasteiger charge is -2.13. The van der Waals surface area contributed by atoms with Crippen LogP contribution in [0.1, 0.15) is 24.2 Å². The first-order chi connectivity index (χ1) is 11.9. The smallest absolute Gasteiger partial charge is 0.343 e. The van der Waals surface area contributed by atoms with E-state index in [-0.39, 0.29) is 16.5 Å². The number of carbonyl (C=O) groups is 2. The Morgan fingerprint density at radius 2 is 1.84 bits per heavy atom. The van der Waals surface area contributed by atoms with Gasteiger partial charge in [0, 0.05) is 12.6 Å². The van der Waals surface area contributed by atoms with Crippen molar-refractivity contribution in [1.29, 1.82) is 0 Å². The highest BCUT2D eigenvalue weighted by Crippen LogP contribution is 2.36. The molecule has 0 unspecified atom stereocenters. The van der Waals surface area contributed by atoms with E-state index in [1.807, 2.05) is 6.92 Å². The summed E-state index contributed by atoms with van der Waals surface area (Å²) < 4.78 is 15.9. The number of anilines is 1. The van der Waals surface area contributed by atoms with Crippen molar-refractivity contribution in [3.05, 3.63) is 47.0 Å². The maximum Gasteiger partial charge on any atom is 0.343 e. The van der Waals surface area contributed by atoms with Crippen LogP contribution in [0.4, 0.5) is 5.69 Å². The summed E-state index contributed by atoms with van der Waals surface area (Å²) in [4.78, 5) is 23.3. The Labute approximate surface area is 150 Å². The van der Waals surface area contributed by atoms with Crippen LogP contribution in [0.5, 0.6) is 17.2 Å². The average Bonchev–Trinajstić information content (AvgIpc) is 2.57. The molecule has 6 nitrogen and oxygen atoms in total. The molecule has 1 amide bonds. The summed E-state index contributed by atoms with van der Waals surface area (Å²) in [5.74, 6) is 0.296. The predicted molar refractivity (Wildman–Crippen MR) is 94.9 cm³/mol. The summed E-state index contributed by atoms with van der Waals surface area (Å²) in [7, 11) is 1.46. The van der Waals surface area contributed by atoms with E-state index >= 15 is 0 Å². The molecule has 0 saturated carbocycles. The van der Waals surface area contributed by atoms with Gasteiger partial charge < -0.3 is 19.5 Å². The average molecular weight is 364 g/mol. The van der Waals surface area contributed by atoms with Crippen LogP contribution in [0.25, 0.3) is 0 Å². The molecule has 7 heteroatoms. The highest BCUT2D eigenvalue weighted by atomic mass is 35.5. The fourth-order valence-corrected chi connectivity index (χ4v) is 2.36. The topological polar surface area (TPSA) is 73.9 Å². The summed E-state index contributed by atoms with van der Waals surface area (Å²) in [6, 6.07) is 9.40. The molecule has 2 rings (SSSR count). The number of amides is 1. The van der Waals surface area contributed by atoms with Crippen molar-refractivity contribution in [1.82, 2.24) is 0 Å². The maximum atomic E-state index is 12.3. The Kier molecular flexibility index (Phi) is 6.25. The molecular weight excluding hydrogens is 346 g/mol. The molecule has 0 aliphatic rings. The number of hydrogen-bond donors (Lipinski definition) is 1. The van der Waals surface area contributed by atoms with Crippen molar-refractivity contribution >= 4 is 29.2 Å². The van der Waals surface area contributed by atoms with Crippen LogP contribution >= 0.6 is 11.6 Å². The van der Waals surface area contributed by atoms with E-state index in [4.69, 9.17) is 25.8 Å². The molecule has 0 saturated heterocycles. The van der Waals surface area contributed by atoms with Gasteiger partial charge >= 0.3 is 5.97 Å². The highest BCUT2D eigenvalue weighted by molar-refractivity contribution is 6.32. The number of rotatable bonds is 6. The molecule has 0 aliphatic heterocycles. The van der Waals surface area contributed by atoms with E-state index in [1.165, 1.54) is 26.2 Å². The second-order valence-electron chi connectivity index (χ2n) is 5.02. The van der Waals surface area contributed by atoms with Gasteiger partial charge in [-0.1, -0.05) is 11.6 Å². The van der Waals surface area contributed by atoms with Crippen molar-refractivity contribution in [2.45, 2.75) is 13.8 Å². The third-order valence-electron chi connectivity index (χ3n) is 3.14. The summed E-state index contributed by atoms with van der Waals surface area (Å²) in [5.41, 5.74) is 0.842. The first-order valence-electron chi connectivity index (χ1n) is 7.54. The van der Waals surface area contributed by atoms with E-state index in [2.05, 4.69) is 5.32 Å². The predicted octanol–water partition coefficient (Wildman–Crippen LogP) is 3.92. The van der Waals surface area contributed by atoms with Crippen molar-refractivity contribution < 1.29 is 23.8 Å². The SMILES string of the molecule is CCOc1c(Cl)cc(C(=O)Oc2ccc(NC(C)=O)cc2)cc1OC. The van der Waals surface area contributed by atoms with Crippen molar-refractivity contribution in [2.24, 2.45) is 0 Å². The van der Waals surface area contributed by atoms with Gasteiger partial charge in [0.2, 0.25) is 5.91 Å². The molecular formula is C18H18ClNO5. The van der Waals surface area contributed by atoms with E-state index in [1.54, 1.807) is 24.3 Å². The van der Waals surface area contributed by atoms with Gasteiger partial charge in [-0.3, -0.25) is 4.79 Å². The lowest BCUT2D eigenvalue weighted by molar-refractivity contribution is -0.114. The summed E-state index contributed by atoms with van der Waals surface area (Å²) >= 11 is 6.16. The van der Waals surface area contributed by atoms with Gasteiger partial charge in [0.25, 0.3) is 0 Å². The minimum Gasteiger partial charge on any atom is -0.493 e. The van der Waals surface area contributed by atoms with Crippen molar-refractivity contribution in [3.8, 4) is 17.2 Å². The van der Waals surface area contributed by atoms with Gasteiger partial charge in [0.05, 0.1) is 24.3 Å². The first kappa shape index (κ1) is 18.6. The molecule has 0 aliphatic carbocycles. The maximum absolute atomic E-state index is 12.3. The normalized spacial score (nSPS) is 10.1. The summed E-state index contributed by atoms with van der Waals surface area (Å²) in [6.07, 6.45) is 0. The molecule has 0 bridgehead atoms. The Bertz CT molecular complexity index is 774. The third-order valence-corrected chi connectivity index (χ3v) is 3.42. The van der Waals surface area contributed by atoms with Gasteiger partial charge in [0.1, 0.15) is 5.75 Å². The number of esters is 1. The van der Waals surface area contributed by atoms with Crippen LogP contribution in [-0.2, 0) is 4.79 Å². The molecule has 0 spiro atoms. The van der Waals surface area contributed by atoms with Crippen LogP contribution < -0.4 is 19.5 Å². The molecule has 0 atom stereocenters.